The fourth-order valence-corrected chi connectivity index (χ4v) is 4.53. The van der Waals surface area contributed by atoms with Gasteiger partial charge in [-0.3, -0.25) is 4.79 Å². The monoisotopic (exact) mass is 381 g/mol. The summed E-state index contributed by atoms with van der Waals surface area (Å²) >= 11 is 6.24. The molecule has 0 bridgehead atoms. The molecule has 0 aliphatic heterocycles. The van der Waals surface area contributed by atoms with Crippen molar-refractivity contribution in [2.75, 3.05) is 11.6 Å². The Bertz CT molecular complexity index is 912. The van der Waals surface area contributed by atoms with E-state index in [-0.39, 0.29) is 16.3 Å². The molecular formula is C17H20ClN3O3S. The first kappa shape index (κ1) is 17.9. The maximum Gasteiger partial charge on any atom is 0.292 e. The van der Waals surface area contributed by atoms with Gasteiger partial charge in [0.15, 0.2) is 0 Å². The van der Waals surface area contributed by atoms with Gasteiger partial charge in [0.2, 0.25) is 0 Å². The Hall–Kier alpha value is -1.86. The number of nitrogens with one attached hydrogen (secondary N) is 1. The lowest BCUT2D eigenvalue weighted by atomic mass is 9.95. The van der Waals surface area contributed by atoms with Gasteiger partial charge in [-0.1, -0.05) is 36.2 Å². The number of halogens is 1. The highest BCUT2D eigenvalue weighted by Crippen LogP contribution is 2.27. The summed E-state index contributed by atoms with van der Waals surface area (Å²) in [5.41, 5.74) is 0.669. The molecule has 0 amide bonds. The van der Waals surface area contributed by atoms with Gasteiger partial charge in [-0.15, -0.1) is 0 Å². The van der Waals surface area contributed by atoms with Crippen molar-refractivity contribution in [2.45, 2.75) is 37.0 Å². The first-order valence-corrected chi connectivity index (χ1v) is 10.5. The van der Waals surface area contributed by atoms with Crippen molar-refractivity contribution in [1.82, 2.24) is 9.78 Å². The third kappa shape index (κ3) is 4.04. The number of hydrogen-bond donors (Lipinski definition) is 1. The zero-order chi connectivity index (χ0) is 18.0. The Kier molecular flexibility index (Phi) is 5.15. The summed E-state index contributed by atoms with van der Waals surface area (Å²) in [5, 5.41) is 7.08. The molecule has 0 radical (unpaired) electrons. The molecule has 1 saturated carbocycles. The van der Waals surface area contributed by atoms with Crippen LogP contribution in [0.5, 0.6) is 0 Å². The van der Waals surface area contributed by atoms with E-state index in [9.17, 15) is 13.2 Å². The van der Waals surface area contributed by atoms with Crippen LogP contribution in [0.25, 0.3) is 5.69 Å². The van der Waals surface area contributed by atoms with Crippen molar-refractivity contribution in [3.8, 4) is 5.69 Å². The molecule has 1 heterocycles. The average molecular weight is 382 g/mol. The highest BCUT2D eigenvalue weighted by atomic mass is 35.5. The van der Waals surface area contributed by atoms with E-state index in [4.69, 9.17) is 11.6 Å². The first-order chi connectivity index (χ1) is 11.9. The van der Waals surface area contributed by atoms with Gasteiger partial charge in [0, 0.05) is 12.3 Å². The standard InChI is InChI=1S/C17H20ClN3O3S/c1-25(23,24)14-9-5-6-12(10-14)20-15-11-19-21(17(22)16(15)18)13-7-3-2-4-8-13/h2-4,7-8,11-12,14,20H,5-6,9-10H2,1H3. The lowest BCUT2D eigenvalue weighted by Crippen LogP contribution is -2.35. The van der Waals surface area contributed by atoms with Crippen LogP contribution in [0.2, 0.25) is 5.02 Å². The van der Waals surface area contributed by atoms with Gasteiger partial charge in [-0.25, -0.2) is 8.42 Å². The molecule has 1 aromatic carbocycles. The molecule has 25 heavy (non-hydrogen) atoms. The smallest absolute Gasteiger partial charge is 0.292 e. The summed E-state index contributed by atoms with van der Waals surface area (Å²) in [6.45, 7) is 0. The van der Waals surface area contributed by atoms with E-state index in [1.807, 2.05) is 18.2 Å². The van der Waals surface area contributed by atoms with Crippen molar-refractivity contribution in [3.05, 3.63) is 51.9 Å². The van der Waals surface area contributed by atoms with E-state index < -0.39 is 15.4 Å². The quantitative estimate of drug-likeness (QED) is 0.880. The third-order valence-electron chi connectivity index (χ3n) is 4.51. The van der Waals surface area contributed by atoms with Gasteiger partial charge in [-0.05, 0) is 31.4 Å². The fourth-order valence-electron chi connectivity index (χ4n) is 3.17. The average Bonchev–Trinajstić information content (AvgIpc) is 2.59. The van der Waals surface area contributed by atoms with Crippen LogP contribution in [0.1, 0.15) is 25.7 Å². The van der Waals surface area contributed by atoms with E-state index in [0.29, 0.717) is 24.2 Å². The van der Waals surface area contributed by atoms with E-state index in [2.05, 4.69) is 10.4 Å². The van der Waals surface area contributed by atoms with Crippen molar-refractivity contribution in [1.29, 1.82) is 0 Å². The highest BCUT2D eigenvalue weighted by Gasteiger charge is 2.29. The second kappa shape index (κ2) is 7.17. The molecular weight excluding hydrogens is 362 g/mol. The fraction of sp³-hybridized carbons (Fsp3) is 0.412. The summed E-state index contributed by atoms with van der Waals surface area (Å²) in [5.74, 6) is 0. The normalized spacial score (nSPS) is 21.0. The van der Waals surface area contributed by atoms with Crippen LogP contribution in [0, 0.1) is 0 Å². The predicted molar refractivity (Wildman–Crippen MR) is 99.4 cm³/mol. The molecule has 1 aliphatic rings. The summed E-state index contributed by atoms with van der Waals surface area (Å²) in [6.07, 6.45) is 5.64. The van der Waals surface area contributed by atoms with E-state index in [0.717, 1.165) is 12.8 Å². The minimum absolute atomic E-state index is 0.0419. The molecule has 1 N–H and O–H groups in total. The molecule has 1 fully saturated rings. The lowest BCUT2D eigenvalue weighted by molar-refractivity contribution is 0.452. The molecule has 1 aromatic heterocycles. The highest BCUT2D eigenvalue weighted by molar-refractivity contribution is 7.91. The lowest BCUT2D eigenvalue weighted by Gasteiger charge is -2.29. The molecule has 3 rings (SSSR count). The minimum atomic E-state index is -3.07. The Labute approximate surface area is 151 Å². The first-order valence-electron chi connectivity index (χ1n) is 8.15. The minimum Gasteiger partial charge on any atom is -0.380 e. The van der Waals surface area contributed by atoms with Crippen LogP contribution >= 0.6 is 11.6 Å². The zero-order valence-corrected chi connectivity index (χ0v) is 15.4. The van der Waals surface area contributed by atoms with Gasteiger partial charge >= 0.3 is 0 Å². The number of hydrogen-bond acceptors (Lipinski definition) is 5. The summed E-state index contributed by atoms with van der Waals surface area (Å²) in [7, 11) is -3.07. The van der Waals surface area contributed by atoms with E-state index >= 15 is 0 Å². The molecule has 8 heteroatoms. The summed E-state index contributed by atoms with van der Waals surface area (Å²) in [4.78, 5) is 12.5. The van der Waals surface area contributed by atoms with Crippen LogP contribution in [0.15, 0.2) is 41.3 Å². The number of rotatable bonds is 4. The topological polar surface area (TPSA) is 81.1 Å². The van der Waals surface area contributed by atoms with Crippen molar-refractivity contribution >= 4 is 27.1 Å². The second-order valence-corrected chi connectivity index (χ2v) is 9.09. The van der Waals surface area contributed by atoms with Gasteiger partial charge < -0.3 is 5.32 Å². The number of benzene rings is 1. The maximum absolute atomic E-state index is 12.5. The number of aromatic nitrogens is 2. The van der Waals surface area contributed by atoms with Gasteiger partial charge in [0.25, 0.3) is 5.56 Å². The molecule has 6 nitrogen and oxygen atoms in total. The molecule has 0 spiro atoms. The van der Waals surface area contributed by atoms with Gasteiger partial charge in [0.05, 0.1) is 22.8 Å². The Morgan fingerprint density at radius 2 is 1.96 bits per heavy atom. The number of anilines is 1. The second-order valence-electron chi connectivity index (χ2n) is 6.38. The predicted octanol–water partition coefficient (Wildman–Crippen LogP) is 2.65. The molecule has 2 atom stereocenters. The Morgan fingerprint density at radius 1 is 1.24 bits per heavy atom. The molecule has 0 saturated heterocycles. The maximum atomic E-state index is 12.5. The van der Waals surface area contributed by atoms with Gasteiger partial charge in [0.1, 0.15) is 14.9 Å². The molecule has 134 valence electrons. The Morgan fingerprint density at radius 3 is 2.64 bits per heavy atom. The molecule has 2 aromatic rings. The van der Waals surface area contributed by atoms with E-state index in [1.54, 1.807) is 12.1 Å². The molecule has 2 unspecified atom stereocenters. The van der Waals surface area contributed by atoms with Crippen LogP contribution < -0.4 is 10.9 Å². The van der Waals surface area contributed by atoms with Crippen LogP contribution in [-0.2, 0) is 9.84 Å². The molecule has 1 aliphatic carbocycles. The SMILES string of the molecule is CS(=O)(=O)C1CCCC(Nc2cnn(-c3ccccc3)c(=O)c2Cl)C1. The van der Waals surface area contributed by atoms with Crippen LogP contribution in [-0.4, -0.2) is 35.7 Å². The summed E-state index contributed by atoms with van der Waals surface area (Å²) in [6, 6.07) is 8.99. The third-order valence-corrected chi connectivity index (χ3v) is 6.52. The van der Waals surface area contributed by atoms with Gasteiger partial charge in [-0.2, -0.15) is 9.78 Å². The number of sulfone groups is 1. The largest absolute Gasteiger partial charge is 0.380 e. The number of nitrogens with zero attached hydrogens (tertiary/aromatic N) is 2. The van der Waals surface area contributed by atoms with Crippen LogP contribution in [0.3, 0.4) is 0 Å². The van der Waals surface area contributed by atoms with Crippen molar-refractivity contribution in [2.24, 2.45) is 0 Å². The van der Waals surface area contributed by atoms with Crippen LogP contribution in [0.4, 0.5) is 5.69 Å². The number of para-hydroxylation sites is 1. The Balaban J connectivity index is 1.82. The zero-order valence-electron chi connectivity index (χ0n) is 13.9. The van der Waals surface area contributed by atoms with Crippen molar-refractivity contribution < 1.29 is 8.42 Å². The van der Waals surface area contributed by atoms with E-state index in [1.165, 1.54) is 17.1 Å². The summed E-state index contributed by atoms with van der Waals surface area (Å²) < 4.78 is 24.8. The van der Waals surface area contributed by atoms with Crippen molar-refractivity contribution in [3.63, 3.8) is 0 Å².